The second kappa shape index (κ2) is 7.84. The third kappa shape index (κ3) is 3.26. The Kier molecular flexibility index (Phi) is 5.10. The second-order valence-corrected chi connectivity index (χ2v) is 6.72. The third-order valence-electron chi connectivity index (χ3n) is 5.00. The van der Waals surface area contributed by atoms with Crippen molar-refractivity contribution in [3.8, 4) is 5.75 Å². The molecular formula is C22H22FN3O2. The Morgan fingerprint density at radius 2 is 1.75 bits per heavy atom. The molecule has 0 radical (unpaired) electrons. The summed E-state index contributed by atoms with van der Waals surface area (Å²) in [6, 6.07) is 17.1. The van der Waals surface area contributed by atoms with Crippen LogP contribution in [0.3, 0.4) is 0 Å². The topological polar surface area (TPSA) is 49.1 Å². The van der Waals surface area contributed by atoms with E-state index in [4.69, 9.17) is 9.72 Å². The first-order valence-electron chi connectivity index (χ1n) is 9.39. The number of pyridine rings is 1. The molecule has 0 aliphatic heterocycles. The molecule has 2 aromatic heterocycles. The van der Waals surface area contributed by atoms with E-state index in [-0.39, 0.29) is 12.2 Å². The molecule has 144 valence electrons. The molecule has 0 atom stereocenters. The van der Waals surface area contributed by atoms with Gasteiger partial charge < -0.3 is 13.9 Å². The largest absolute Gasteiger partial charge is 0.496 e. The summed E-state index contributed by atoms with van der Waals surface area (Å²) in [5, 5.41) is 0.879. The average molecular weight is 379 g/mol. The van der Waals surface area contributed by atoms with Crippen molar-refractivity contribution < 1.29 is 9.13 Å². The van der Waals surface area contributed by atoms with E-state index in [0.717, 1.165) is 34.2 Å². The van der Waals surface area contributed by atoms with Crippen molar-refractivity contribution in [2.24, 2.45) is 0 Å². The molecule has 0 saturated heterocycles. The zero-order chi connectivity index (χ0) is 19.5. The van der Waals surface area contributed by atoms with Crippen LogP contribution in [0.2, 0.25) is 0 Å². The van der Waals surface area contributed by atoms with Gasteiger partial charge in [0.05, 0.1) is 36.9 Å². The molecule has 0 bridgehead atoms. The maximum absolute atomic E-state index is 12.8. The number of benzene rings is 2. The normalized spacial score (nSPS) is 11.4. The Balaban J connectivity index is 1.83. The van der Waals surface area contributed by atoms with Crippen LogP contribution in [-0.4, -0.2) is 27.9 Å². The lowest BCUT2D eigenvalue weighted by Gasteiger charge is -2.14. The fourth-order valence-corrected chi connectivity index (χ4v) is 3.64. The molecule has 5 nitrogen and oxygen atoms in total. The van der Waals surface area contributed by atoms with Crippen molar-refractivity contribution in [1.29, 1.82) is 0 Å². The number of fused-ring (bicyclic) bond motifs is 2. The maximum atomic E-state index is 12.8. The number of para-hydroxylation sites is 3. The summed E-state index contributed by atoms with van der Waals surface area (Å²) < 4.78 is 21.8. The van der Waals surface area contributed by atoms with Gasteiger partial charge >= 0.3 is 0 Å². The number of aryl methyl sites for hydroxylation is 1. The number of hydrogen-bond acceptors (Lipinski definition) is 3. The number of unbranched alkanes of at least 4 members (excludes halogenated alkanes) is 1. The van der Waals surface area contributed by atoms with E-state index in [1.54, 1.807) is 11.7 Å². The molecule has 0 aliphatic carbocycles. The highest BCUT2D eigenvalue weighted by Crippen LogP contribution is 2.24. The monoisotopic (exact) mass is 379 g/mol. The van der Waals surface area contributed by atoms with E-state index in [0.29, 0.717) is 25.3 Å². The van der Waals surface area contributed by atoms with Crippen molar-refractivity contribution in [3.63, 3.8) is 0 Å². The Morgan fingerprint density at radius 1 is 1.00 bits per heavy atom. The lowest BCUT2D eigenvalue weighted by atomic mass is 10.2. The summed E-state index contributed by atoms with van der Waals surface area (Å²) in [5.74, 6) is 1.35. The second-order valence-electron chi connectivity index (χ2n) is 6.72. The first-order chi connectivity index (χ1) is 13.7. The molecule has 0 spiro atoms. The van der Waals surface area contributed by atoms with Crippen LogP contribution in [0.25, 0.3) is 21.9 Å². The van der Waals surface area contributed by atoms with Gasteiger partial charge in [-0.1, -0.05) is 24.3 Å². The number of imidazole rings is 1. The summed E-state index contributed by atoms with van der Waals surface area (Å²) in [6.07, 6.45) is 1.24. The summed E-state index contributed by atoms with van der Waals surface area (Å²) in [4.78, 5) is 17.6. The summed E-state index contributed by atoms with van der Waals surface area (Å²) in [7, 11) is 1.57. The Hall–Kier alpha value is -3.15. The van der Waals surface area contributed by atoms with Crippen LogP contribution in [0.15, 0.2) is 59.4 Å². The fraction of sp³-hybridized carbons (Fsp3) is 0.273. The van der Waals surface area contributed by atoms with Crippen molar-refractivity contribution in [3.05, 3.63) is 70.8 Å². The van der Waals surface area contributed by atoms with Gasteiger partial charge in [0.25, 0.3) is 5.56 Å². The molecule has 28 heavy (non-hydrogen) atoms. The highest BCUT2D eigenvalue weighted by atomic mass is 19.1. The number of alkyl halides is 1. The zero-order valence-corrected chi connectivity index (χ0v) is 15.8. The highest BCUT2D eigenvalue weighted by Gasteiger charge is 2.14. The third-order valence-corrected chi connectivity index (χ3v) is 5.00. The van der Waals surface area contributed by atoms with Crippen LogP contribution in [0.5, 0.6) is 5.75 Å². The van der Waals surface area contributed by atoms with Crippen LogP contribution < -0.4 is 10.3 Å². The van der Waals surface area contributed by atoms with E-state index in [2.05, 4.69) is 4.57 Å². The number of nitrogens with zero attached hydrogens (tertiary/aromatic N) is 3. The number of hydrogen-bond donors (Lipinski definition) is 0. The Bertz CT molecular complexity index is 1180. The molecule has 6 heteroatoms. The van der Waals surface area contributed by atoms with Gasteiger partial charge in [-0.3, -0.25) is 9.18 Å². The van der Waals surface area contributed by atoms with Gasteiger partial charge in [0.1, 0.15) is 11.6 Å². The van der Waals surface area contributed by atoms with Crippen molar-refractivity contribution in [2.45, 2.75) is 25.9 Å². The van der Waals surface area contributed by atoms with Crippen LogP contribution in [0, 0.1) is 0 Å². The van der Waals surface area contributed by atoms with E-state index >= 15 is 0 Å². The van der Waals surface area contributed by atoms with Crippen LogP contribution in [0.1, 0.15) is 18.7 Å². The standard InChI is InChI=1S/C22H22FN3O2/c1-28-20-14-22(27)26(18-10-4-2-8-16(18)20)15-21-24-17-9-3-5-11-19(17)25(21)13-7-6-12-23/h2-5,8-11,14H,6-7,12-13,15H2,1H3. The molecule has 4 rings (SSSR count). The molecule has 0 saturated carbocycles. The predicted octanol–water partition coefficient (Wildman–Crippen LogP) is 4.16. The van der Waals surface area contributed by atoms with Gasteiger partial charge in [-0.2, -0.15) is 0 Å². The minimum absolute atomic E-state index is 0.141. The van der Waals surface area contributed by atoms with Gasteiger partial charge in [-0.25, -0.2) is 4.98 Å². The zero-order valence-electron chi connectivity index (χ0n) is 15.8. The summed E-state index contributed by atoms with van der Waals surface area (Å²) >= 11 is 0. The molecule has 0 N–H and O–H groups in total. The van der Waals surface area contributed by atoms with Crippen LogP contribution in [-0.2, 0) is 13.1 Å². The lowest BCUT2D eigenvalue weighted by molar-refractivity contribution is 0.418. The molecule has 2 heterocycles. The van der Waals surface area contributed by atoms with Gasteiger partial charge in [0.2, 0.25) is 0 Å². The lowest BCUT2D eigenvalue weighted by Crippen LogP contribution is -2.22. The number of halogens is 1. The molecule has 2 aromatic carbocycles. The smallest absolute Gasteiger partial charge is 0.255 e. The molecule has 0 fully saturated rings. The first-order valence-corrected chi connectivity index (χ1v) is 9.39. The van der Waals surface area contributed by atoms with E-state index in [9.17, 15) is 9.18 Å². The van der Waals surface area contributed by atoms with Crippen LogP contribution in [0.4, 0.5) is 4.39 Å². The Labute approximate surface area is 162 Å². The molecule has 0 aliphatic rings. The van der Waals surface area contributed by atoms with Gasteiger partial charge in [0.15, 0.2) is 0 Å². The van der Waals surface area contributed by atoms with Gasteiger partial charge in [-0.15, -0.1) is 0 Å². The molecule has 0 unspecified atom stereocenters. The summed E-state index contributed by atoms with van der Waals surface area (Å²) in [5.41, 5.74) is 2.54. The minimum Gasteiger partial charge on any atom is -0.496 e. The SMILES string of the molecule is COc1cc(=O)n(Cc2nc3ccccc3n2CCCCF)c2ccccc12. The van der Waals surface area contributed by atoms with Crippen molar-refractivity contribution in [2.75, 3.05) is 13.8 Å². The minimum atomic E-state index is -0.329. The molecule has 4 aromatic rings. The first kappa shape index (κ1) is 18.2. The number of ether oxygens (including phenoxy) is 1. The van der Waals surface area contributed by atoms with Crippen LogP contribution >= 0.6 is 0 Å². The fourth-order valence-electron chi connectivity index (χ4n) is 3.64. The number of aromatic nitrogens is 3. The van der Waals surface area contributed by atoms with Crippen molar-refractivity contribution in [1.82, 2.24) is 14.1 Å². The van der Waals surface area contributed by atoms with Crippen molar-refractivity contribution >= 4 is 21.9 Å². The predicted molar refractivity (Wildman–Crippen MR) is 109 cm³/mol. The summed E-state index contributed by atoms with van der Waals surface area (Å²) in [6.45, 7) is 0.681. The molecule has 0 amide bonds. The Morgan fingerprint density at radius 3 is 2.54 bits per heavy atom. The van der Waals surface area contributed by atoms with E-state index in [1.807, 2.05) is 48.5 Å². The maximum Gasteiger partial charge on any atom is 0.255 e. The highest BCUT2D eigenvalue weighted by molar-refractivity contribution is 5.85. The van der Waals surface area contributed by atoms with E-state index < -0.39 is 0 Å². The quantitative estimate of drug-likeness (QED) is 0.453. The van der Waals surface area contributed by atoms with Gasteiger partial charge in [-0.05, 0) is 37.1 Å². The van der Waals surface area contributed by atoms with E-state index in [1.165, 1.54) is 6.07 Å². The number of rotatable bonds is 7. The molecular weight excluding hydrogens is 357 g/mol. The number of methoxy groups -OCH3 is 1. The average Bonchev–Trinajstić information content (AvgIpc) is 3.07. The van der Waals surface area contributed by atoms with Gasteiger partial charge in [0, 0.05) is 18.0 Å².